The van der Waals surface area contributed by atoms with E-state index in [0.29, 0.717) is 5.95 Å². The highest BCUT2D eigenvalue weighted by Gasteiger charge is 2.18. The summed E-state index contributed by atoms with van der Waals surface area (Å²) in [6, 6.07) is 6.12. The third-order valence-electron chi connectivity index (χ3n) is 4.75. The standard InChI is InChI=1S/C19H22IN7O/c1-25-7-9-26(10-8-25)16-4-3-14(11-17(16)28-2)23-19-22-12-15(20)18(24-19)27-6-5-21-13-27/h3-6,11-13H,7-10H2,1-2H3,(H,22,23,24). The molecule has 28 heavy (non-hydrogen) atoms. The molecule has 1 aliphatic rings. The van der Waals surface area contributed by atoms with Crippen molar-refractivity contribution in [2.75, 3.05) is 50.6 Å². The highest BCUT2D eigenvalue weighted by molar-refractivity contribution is 14.1. The fraction of sp³-hybridized carbons (Fsp3) is 0.316. The lowest BCUT2D eigenvalue weighted by molar-refractivity contribution is 0.311. The van der Waals surface area contributed by atoms with Crippen LogP contribution < -0.4 is 15.0 Å². The Morgan fingerprint density at radius 1 is 1.18 bits per heavy atom. The van der Waals surface area contributed by atoms with Crippen molar-refractivity contribution < 1.29 is 4.74 Å². The molecule has 0 aliphatic carbocycles. The molecule has 0 unspecified atom stereocenters. The maximum Gasteiger partial charge on any atom is 0.229 e. The van der Waals surface area contributed by atoms with E-state index in [-0.39, 0.29) is 0 Å². The molecular formula is C19H22IN7O. The lowest BCUT2D eigenvalue weighted by Crippen LogP contribution is -2.44. The molecule has 1 aliphatic heterocycles. The van der Waals surface area contributed by atoms with E-state index < -0.39 is 0 Å². The van der Waals surface area contributed by atoms with Crippen molar-refractivity contribution in [1.82, 2.24) is 24.4 Å². The van der Waals surface area contributed by atoms with E-state index in [1.54, 1.807) is 25.8 Å². The van der Waals surface area contributed by atoms with Crippen LogP contribution in [0.1, 0.15) is 0 Å². The first-order valence-corrected chi connectivity index (χ1v) is 10.1. The van der Waals surface area contributed by atoms with Crippen LogP contribution in [0.5, 0.6) is 5.75 Å². The van der Waals surface area contributed by atoms with Gasteiger partial charge in [0.2, 0.25) is 5.95 Å². The van der Waals surface area contributed by atoms with E-state index in [1.165, 1.54) is 0 Å². The van der Waals surface area contributed by atoms with E-state index in [1.807, 2.05) is 22.9 Å². The molecule has 9 heteroatoms. The van der Waals surface area contributed by atoms with E-state index >= 15 is 0 Å². The Labute approximate surface area is 177 Å². The average molecular weight is 491 g/mol. The number of aromatic nitrogens is 4. The van der Waals surface area contributed by atoms with E-state index in [0.717, 1.165) is 52.7 Å². The minimum Gasteiger partial charge on any atom is -0.495 e. The minimum absolute atomic E-state index is 0.526. The molecule has 2 aromatic heterocycles. The zero-order valence-corrected chi connectivity index (χ0v) is 18.0. The molecule has 0 amide bonds. The summed E-state index contributed by atoms with van der Waals surface area (Å²) in [7, 11) is 3.86. The second-order valence-electron chi connectivity index (χ2n) is 6.64. The van der Waals surface area contributed by atoms with Gasteiger partial charge in [0.15, 0.2) is 5.82 Å². The van der Waals surface area contributed by atoms with Crippen LogP contribution in [-0.4, -0.2) is 64.8 Å². The molecule has 0 spiro atoms. The predicted octanol–water partition coefficient (Wildman–Crippen LogP) is 2.77. The number of nitrogens with one attached hydrogen (secondary N) is 1. The molecule has 1 aromatic carbocycles. The molecule has 3 heterocycles. The molecule has 146 valence electrons. The maximum atomic E-state index is 5.66. The Morgan fingerprint density at radius 3 is 2.71 bits per heavy atom. The summed E-state index contributed by atoms with van der Waals surface area (Å²) in [4.78, 5) is 17.8. The number of rotatable bonds is 5. The highest BCUT2D eigenvalue weighted by atomic mass is 127. The molecule has 3 aromatic rings. The summed E-state index contributed by atoms with van der Waals surface area (Å²) in [6.45, 7) is 4.09. The predicted molar refractivity (Wildman–Crippen MR) is 118 cm³/mol. The van der Waals surface area contributed by atoms with Crippen LogP contribution in [0, 0.1) is 3.57 Å². The fourth-order valence-electron chi connectivity index (χ4n) is 3.18. The molecule has 0 radical (unpaired) electrons. The summed E-state index contributed by atoms with van der Waals surface area (Å²) < 4.78 is 8.47. The van der Waals surface area contributed by atoms with Gasteiger partial charge in [-0.15, -0.1) is 0 Å². The van der Waals surface area contributed by atoms with Gasteiger partial charge in [-0.05, 0) is 41.8 Å². The van der Waals surface area contributed by atoms with Gasteiger partial charge in [-0.25, -0.2) is 9.97 Å². The van der Waals surface area contributed by atoms with Crippen molar-refractivity contribution in [3.05, 3.63) is 46.7 Å². The van der Waals surface area contributed by atoms with Crippen molar-refractivity contribution in [3.8, 4) is 11.6 Å². The van der Waals surface area contributed by atoms with Gasteiger partial charge >= 0.3 is 0 Å². The molecule has 0 saturated carbocycles. The van der Waals surface area contributed by atoms with Crippen molar-refractivity contribution in [1.29, 1.82) is 0 Å². The third-order valence-corrected chi connectivity index (χ3v) is 5.52. The SMILES string of the molecule is COc1cc(Nc2ncc(I)c(-n3ccnc3)n2)ccc1N1CCN(C)CC1. The summed E-state index contributed by atoms with van der Waals surface area (Å²) in [5, 5.41) is 3.28. The molecule has 0 bridgehead atoms. The number of benzene rings is 1. The van der Waals surface area contributed by atoms with Gasteiger partial charge in [-0.2, -0.15) is 4.98 Å². The Hall–Kier alpha value is -2.40. The number of piperazine rings is 1. The lowest BCUT2D eigenvalue weighted by atomic mass is 10.2. The maximum absolute atomic E-state index is 5.66. The molecule has 1 N–H and O–H groups in total. The molecule has 1 fully saturated rings. The Bertz CT molecular complexity index is 939. The van der Waals surface area contributed by atoms with Gasteiger partial charge in [-0.3, -0.25) is 4.57 Å². The molecule has 0 atom stereocenters. The number of anilines is 3. The van der Waals surface area contributed by atoms with Crippen molar-refractivity contribution in [2.24, 2.45) is 0 Å². The molecule has 4 rings (SSSR count). The van der Waals surface area contributed by atoms with Gasteiger partial charge in [0.25, 0.3) is 0 Å². The van der Waals surface area contributed by atoms with Crippen molar-refractivity contribution in [2.45, 2.75) is 0 Å². The van der Waals surface area contributed by atoms with E-state index in [2.05, 4.69) is 65.8 Å². The Kier molecular flexibility index (Phi) is 5.62. The summed E-state index contributed by atoms with van der Waals surface area (Å²) in [5.41, 5.74) is 2.00. The van der Waals surface area contributed by atoms with Gasteiger partial charge in [0, 0.05) is 56.5 Å². The monoisotopic (exact) mass is 491 g/mol. The average Bonchev–Trinajstić information content (AvgIpc) is 3.25. The zero-order chi connectivity index (χ0) is 19.5. The topological polar surface area (TPSA) is 71.3 Å². The summed E-state index contributed by atoms with van der Waals surface area (Å²) in [5.74, 6) is 2.16. The lowest BCUT2D eigenvalue weighted by Gasteiger charge is -2.34. The smallest absolute Gasteiger partial charge is 0.229 e. The Balaban J connectivity index is 1.56. The number of likely N-dealkylation sites (N-methyl/N-ethyl adjacent to an activating group) is 1. The Morgan fingerprint density at radius 2 is 2.00 bits per heavy atom. The van der Waals surface area contributed by atoms with Gasteiger partial charge in [0.1, 0.15) is 12.1 Å². The van der Waals surface area contributed by atoms with Crippen LogP contribution >= 0.6 is 22.6 Å². The number of ether oxygens (including phenoxy) is 1. The second kappa shape index (κ2) is 8.31. The number of imidazole rings is 1. The quantitative estimate of drug-likeness (QED) is 0.551. The van der Waals surface area contributed by atoms with Crippen LogP contribution in [0.2, 0.25) is 0 Å². The number of nitrogens with zero attached hydrogens (tertiary/aromatic N) is 6. The summed E-state index contributed by atoms with van der Waals surface area (Å²) in [6.07, 6.45) is 7.11. The first-order chi connectivity index (χ1) is 13.6. The van der Waals surface area contributed by atoms with Gasteiger partial charge in [0.05, 0.1) is 16.4 Å². The normalized spacial score (nSPS) is 14.9. The van der Waals surface area contributed by atoms with Crippen LogP contribution in [0.25, 0.3) is 5.82 Å². The van der Waals surface area contributed by atoms with Crippen LogP contribution in [0.3, 0.4) is 0 Å². The van der Waals surface area contributed by atoms with Gasteiger partial charge < -0.3 is 19.9 Å². The highest BCUT2D eigenvalue weighted by Crippen LogP contribution is 2.32. The molecule has 1 saturated heterocycles. The van der Waals surface area contributed by atoms with Crippen molar-refractivity contribution >= 4 is 39.9 Å². The number of halogens is 1. The van der Waals surface area contributed by atoms with Crippen LogP contribution in [-0.2, 0) is 0 Å². The van der Waals surface area contributed by atoms with E-state index in [9.17, 15) is 0 Å². The van der Waals surface area contributed by atoms with E-state index in [4.69, 9.17) is 4.74 Å². The molecule has 8 nitrogen and oxygen atoms in total. The van der Waals surface area contributed by atoms with Crippen LogP contribution in [0.4, 0.5) is 17.3 Å². The van der Waals surface area contributed by atoms with Crippen molar-refractivity contribution in [3.63, 3.8) is 0 Å². The van der Waals surface area contributed by atoms with Gasteiger partial charge in [-0.1, -0.05) is 0 Å². The first-order valence-electron chi connectivity index (χ1n) is 9.03. The number of methoxy groups -OCH3 is 1. The first kappa shape index (κ1) is 18.9. The zero-order valence-electron chi connectivity index (χ0n) is 15.8. The minimum atomic E-state index is 0.526. The number of hydrogen-bond donors (Lipinski definition) is 1. The molecular weight excluding hydrogens is 469 g/mol. The third kappa shape index (κ3) is 4.04. The van der Waals surface area contributed by atoms with Crippen LogP contribution in [0.15, 0.2) is 43.1 Å². The number of hydrogen-bond acceptors (Lipinski definition) is 7. The fourth-order valence-corrected chi connectivity index (χ4v) is 3.72. The largest absolute Gasteiger partial charge is 0.495 e. The summed E-state index contributed by atoms with van der Waals surface area (Å²) >= 11 is 2.22. The second-order valence-corrected chi connectivity index (χ2v) is 7.80.